The molecule has 1 atom stereocenters. The predicted molar refractivity (Wildman–Crippen MR) is 108 cm³/mol. The molecule has 8 nitrogen and oxygen atoms in total. The number of piperazine rings is 1. The van der Waals surface area contributed by atoms with Crippen LogP contribution in [0.15, 0.2) is 29.2 Å². The molecule has 0 radical (unpaired) electrons. The van der Waals surface area contributed by atoms with Gasteiger partial charge in [-0.3, -0.25) is 9.59 Å². The molecule has 0 saturated carbocycles. The molecular weight excluding hydrogens is 404 g/mol. The maximum Gasteiger partial charge on any atom is 0.251 e. The summed E-state index contributed by atoms with van der Waals surface area (Å²) in [6.45, 7) is 4.43. The van der Waals surface area contributed by atoms with E-state index in [1.165, 1.54) is 23.4 Å². The number of amides is 2. The fraction of sp³-hybridized carbons (Fsp3) is 0.556. The Morgan fingerprint density at radius 1 is 1.18 bits per heavy atom. The summed E-state index contributed by atoms with van der Waals surface area (Å²) in [7, 11) is -3.70. The molecule has 156 valence electrons. The molecule has 2 saturated heterocycles. The second kappa shape index (κ2) is 9.69. The lowest BCUT2D eigenvalue weighted by molar-refractivity contribution is -0.129. The Bertz CT molecular complexity index is 804. The van der Waals surface area contributed by atoms with E-state index < -0.39 is 10.0 Å². The summed E-state index contributed by atoms with van der Waals surface area (Å²) in [5.41, 5.74) is 0.337. The van der Waals surface area contributed by atoms with E-state index in [-0.39, 0.29) is 48.2 Å². The highest BCUT2D eigenvalue weighted by molar-refractivity contribution is 7.89. The van der Waals surface area contributed by atoms with Crippen molar-refractivity contribution >= 4 is 34.2 Å². The first-order valence-corrected chi connectivity index (χ1v) is 10.7. The highest BCUT2D eigenvalue weighted by Gasteiger charge is 2.29. The topological polar surface area (TPSA) is 98.8 Å². The highest BCUT2D eigenvalue weighted by atomic mass is 35.5. The Labute approximate surface area is 172 Å². The number of piperidine rings is 1. The van der Waals surface area contributed by atoms with Crippen molar-refractivity contribution in [2.75, 3.05) is 39.3 Å². The SMILES string of the molecule is CC(=O)N1CCN(S(=O)(=O)c2cccc(C(=O)N[C@H]3CCCNC3)c2)CC1.Cl. The van der Waals surface area contributed by atoms with Crippen molar-refractivity contribution in [3.05, 3.63) is 29.8 Å². The van der Waals surface area contributed by atoms with Crippen molar-refractivity contribution in [1.82, 2.24) is 19.8 Å². The van der Waals surface area contributed by atoms with E-state index in [1.807, 2.05) is 0 Å². The minimum absolute atomic E-state index is 0. The van der Waals surface area contributed by atoms with Crippen LogP contribution in [0.3, 0.4) is 0 Å². The summed E-state index contributed by atoms with van der Waals surface area (Å²) in [4.78, 5) is 25.7. The van der Waals surface area contributed by atoms with Crippen molar-refractivity contribution in [2.24, 2.45) is 0 Å². The normalized spacial score (nSPS) is 20.9. The van der Waals surface area contributed by atoms with Gasteiger partial charge in [0, 0.05) is 51.3 Å². The lowest BCUT2D eigenvalue weighted by atomic mass is 10.1. The Kier molecular flexibility index (Phi) is 7.82. The summed E-state index contributed by atoms with van der Waals surface area (Å²) in [6, 6.07) is 6.21. The first-order valence-electron chi connectivity index (χ1n) is 9.25. The third kappa shape index (κ3) is 5.22. The van der Waals surface area contributed by atoms with Crippen LogP contribution in [0.5, 0.6) is 0 Å². The molecule has 1 aromatic rings. The summed E-state index contributed by atoms with van der Waals surface area (Å²) in [5, 5.41) is 6.19. The smallest absolute Gasteiger partial charge is 0.251 e. The van der Waals surface area contributed by atoms with Crippen LogP contribution in [-0.4, -0.2) is 74.7 Å². The number of hydrogen-bond acceptors (Lipinski definition) is 5. The van der Waals surface area contributed by atoms with E-state index in [0.29, 0.717) is 18.7 Å². The zero-order valence-corrected chi connectivity index (χ0v) is 17.5. The molecule has 10 heteroatoms. The van der Waals surface area contributed by atoms with Crippen molar-refractivity contribution in [2.45, 2.75) is 30.7 Å². The average Bonchev–Trinajstić information content (AvgIpc) is 2.69. The lowest BCUT2D eigenvalue weighted by Crippen LogP contribution is -2.50. The molecule has 0 spiro atoms. The van der Waals surface area contributed by atoms with Crippen LogP contribution >= 0.6 is 12.4 Å². The summed E-state index contributed by atoms with van der Waals surface area (Å²) < 4.78 is 27.2. The van der Waals surface area contributed by atoms with E-state index in [1.54, 1.807) is 17.0 Å². The number of nitrogens with zero attached hydrogens (tertiary/aromatic N) is 2. The standard InChI is InChI=1S/C18H26N4O4S.ClH/c1-14(23)21-8-10-22(11-9-21)27(25,26)17-6-2-4-15(12-17)18(24)20-16-5-3-7-19-13-16;/h2,4,6,12,16,19H,3,5,7-11,13H2,1H3,(H,20,24);1H/t16-;/m0./s1. The van der Waals surface area contributed by atoms with E-state index in [9.17, 15) is 18.0 Å². The Morgan fingerprint density at radius 2 is 1.89 bits per heavy atom. The van der Waals surface area contributed by atoms with Crippen molar-refractivity contribution in [1.29, 1.82) is 0 Å². The number of hydrogen-bond donors (Lipinski definition) is 2. The van der Waals surface area contributed by atoms with Gasteiger partial charge in [0.15, 0.2) is 0 Å². The van der Waals surface area contributed by atoms with Gasteiger partial charge in [0.1, 0.15) is 0 Å². The number of sulfonamides is 1. The summed E-state index contributed by atoms with van der Waals surface area (Å²) in [6.07, 6.45) is 1.92. The van der Waals surface area contributed by atoms with Crippen LogP contribution in [0.25, 0.3) is 0 Å². The summed E-state index contributed by atoms with van der Waals surface area (Å²) >= 11 is 0. The van der Waals surface area contributed by atoms with E-state index >= 15 is 0 Å². The maximum atomic E-state index is 12.9. The van der Waals surface area contributed by atoms with Crippen molar-refractivity contribution in [3.8, 4) is 0 Å². The Morgan fingerprint density at radius 3 is 2.50 bits per heavy atom. The van der Waals surface area contributed by atoms with Crippen molar-refractivity contribution < 1.29 is 18.0 Å². The molecule has 2 fully saturated rings. The Balaban J connectivity index is 0.00000280. The van der Waals surface area contributed by atoms with Gasteiger partial charge >= 0.3 is 0 Å². The van der Waals surface area contributed by atoms with E-state index in [0.717, 1.165) is 25.9 Å². The number of carbonyl (C=O) groups is 2. The van der Waals surface area contributed by atoms with E-state index in [2.05, 4.69) is 10.6 Å². The highest BCUT2D eigenvalue weighted by Crippen LogP contribution is 2.19. The zero-order chi connectivity index (χ0) is 19.4. The molecule has 1 aromatic carbocycles. The monoisotopic (exact) mass is 430 g/mol. The maximum absolute atomic E-state index is 12.9. The summed E-state index contributed by atoms with van der Waals surface area (Å²) in [5.74, 6) is -0.315. The quantitative estimate of drug-likeness (QED) is 0.722. The fourth-order valence-corrected chi connectivity index (χ4v) is 4.90. The van der Waals surface area contributed by atoms with Gasteiger partial charge in [-0.2, -0.15) is 4.31 Å². The predicted octanol–water partition coefficient (Wildman–Crippen LogP) is 0.443. The first kappa shape index (κ1) is 22.6. The van der Waals surface area contributed by atoms with Gasteiger partial charge in [-0.15, -0.1) is 12.4 Å². The number of carbonyl (C=O) groups excluding carboxylic acids is 2. The molecule has 2 heterocycles. The number of halogens is 1. The van der Waals surface area contributed by atoms with Crippen LogP contribution < -0.4 is 10.6 Å². The number of rotatable bonds is 4. The van der Waals surface area contributed by atoms with Gasteiger partial charge in [-0.05, 0) is 37.6 Å². The van der Waals surface area contributed by atoms with Gasteiger partial charge in [0.25, 0.3) is 5.91 Å². The van der Waals surface area contributed by atoms with Crippen LogP contribution in [0.1, 0.15) is 30.1 Å². The van der Waals surface area contributed by atoms with Gasteiger partial charge in [0.05, 0.1) is 4.90 Å². The largest absolute Gasteiger partial charge is 0.348 e. The molecule has 28 heavy (non-hydrogen) atoms. The second-order valence-corrected chi connectivity index (χ2v) is 8.89. The van der Waals surface area contributed by atoms with Gasteiger partial charge in [0.2, 0.25) is 15.9 Å². The molecule has 0 aliphatic carbocycles. The molecule has 2 aliphatic heterocycles. The Hall–Kier alpha value is -1.68. The molecule has 0 bridgehead atoms. The average molecular weight is 431 g/mol. The van der Waals surface area contributed by atoms with Gasteiger partial charge in [-0.1, -0.05) is 6.07 Å². The molecule has 2 N–H and O–H groups in total. The molecule has 0 aromatic heterocycles. The number of nitrogens with one attached hydrogen (secondary N) is 2. The lowest BCUT2D eigenvalue weighted by Gasteiger charge is -2.33. The molecule has 3 rings (SSSR count). The third-order valence-corrected chi connectivity index (χ3v) is 6.94. The molecule has 2 amide bonds. The van der Waals surface area contributed by atoms with Crippen molar-refractivity contribution in [3.63, 3.8) is 0 Å². The van der Waals surface area contributed by atoms with Crippen LogP contribution in [0.4, 0.5) is 0 Å². The molecule has 2 aliphatic rings. The van der Waals surface area contributed by atoms with Crippen LogP contribution in [0.2, 0.25) is 0 Å². The number of benzene rings is 1. The third-order valence-electron chi connectivity index (χ3n) is 5.05. The van der Waals surface area contributed by atoms with E-state index in [4.69, 9.17) is 0 Å². The fourth-order valence-electron chi connectivity index (χ4n) is 3.43. The molecule has 0 unspecified atom stereocenters. The second-order valence-electron chi connectivity index (χ2n) is 6.95. The molecular formula is C18H27ClN4O4S. The first-order chi connectivity index (χ1) is 12.9. The van der Waals surface area contributed by atoms with Crippen LogP contribution in [0, 0.1) is 0 Å². The zero-order valence-electron chi connectivity index (χ0n) is 15.9. The van der Waals surface area contributed by atoms with Crippen LogP contribution in [-0.2, 0) is 14.8 Å². The van der Waals surface area contributed by atoms with Gasteiger partial charge in [-0.25, -0.2) is 8.42 Å². The minimum Gasteiger partial charge on any atom is -0.348 e. The minimum atomic E-state index is -3.70. The van der Waals surface area contributed by atoms with Gasteiger partial charge < -0.3 is 15.5 Å².